The molecular formula is C25H21BrClN7O4. The molecule has 11 nitrogen and oxygen atoms in total. The normalized spacial score (nSPS) is 11.2. The number of carbonyl (C=O) groups excluding carboxylic acids is 1. The number of fused-ring (bicyclic) bond motifs is 1. The molecule has 2 aromatic heterocycles. The predicted molar refractivity (Wildman–Crippen MR) is 143 cm³/mol. The van der Waals surface area contributed by atoms with Crippen molar-refractivity contribution in [1.82, 2.24) is 30.2 Å². The van der Waals surface area contributed by atoms with E-state index in [1.54, 1.807) is 29.2 Å². The van der Waals surface area contributed by atoms with Crippen molar-refractivity contribution in [2.45, 2.75) is 32.7 Å². The van der Waals surface area contributed by atoms with Gasteiger partial charge < -0.3 is 14.1 Å². The molecule has 3 aromatic rings. The summed E-state index contributed by atoms with van der Waals surface area (Å²) in [6, 6.07) is 8.89. The van der Waals surface area contributed by atoms with Crippen LogP contribution in [-0.4, -0.2) is 47.2 Å². The van der Waals surface area contributed by atoms with E-state index in [1.807, 2.05) is 25.1 Å². The predicted octanol–water partition coefficient (Wildman–Crippen LogP) is 5.52. The summed E-state index contributed by atoms with van der Waals surface area (Å²) in [6.45, 7) is 2.20. The number of carbonyl (C=O) groups is 2. The minimum Gasteiger partial charge on any atom is -0.476 e. The number of benzene rings is 1. The molecule has 0 spiro atoms. The number of carboxylic acid groups (broad SMARTS) is 1. The van der Waals surface area contributed by atoms with Crippen LogP contribution in [0.3, 0.4) is 0 Å². The van der Waals surface area contributed by atoms with Gasteiger partial charge >= 0.3 is 5.97 Å². The summed E-state index contributed by atoms with van der Waals surface area (Å²) in [5.41, 5.74) is 3.97. The summed E-state index contributed by atoms with van der Waals surface area (Å²) < 4.78 is 7.78. The number of aryl methyl sites for hydroxylation is 1. The molecule has 194 valence electrons. The lowest BCUT2D eigenvalue weighted by atomic mass is 9.97. The molecule has 5 rings (SSSR count). The average Bonchev–Trinajstić information content (AvgIpc) is 3.60. The van der Waals surface area contributed by atoms with E-state index in [9.17, 15) is 14.7 Å². The molecule has 13 heteroatoms. The molecule has 3 heterocycles. The Morgan fingerprint density at radius 1 is 1.21 bits per heavy atom. The number of rotatable bonds is 9. The largest absolute Gasteiger partial charge is 0.476 e. The van der Waals surface area contributed by atoms with Crippen molar-refractivity contribution >= 4 is 45.4 Å². The minimum absolute atomic E-state index is 0.0373. The highest BCUT2D eigenvalue weighted by Gasteiger charge is 2.29. The molecule has 0 bridgehead atoms. The Morgan fingerprint density at radius 2 is 2.03 bits per heavy atom. The number of nitrogens with zero attached hydrogens (tertiary/aromatic N) is 5. The van der Waals surface area contributed by atoms with Crippen LogP contribution in [0.2, 0.25) is 5.15 Å². The van der Waals surface area contributed by atoms with Crippen molar-refractivity contribution in [1.29, 1.82) is 0 Å². The number of hydrogen-bond acceptors (Lipinski definition) is 7. The standard InChI is InChI=1S/C25H21BrClN7O4/c1-2-3-8-18-28-22(27)21(24(36)37)34(18)11-16-13-9-10-38-12-17(13)20(26)19(16)14-6-4-5-7-15(14)23(35)29-25-30-32-33-31-25/h4-7,9-10,12H,2-3,8,11H2,1H3,(H,36,37)(H2,29,30,31,32,33,35). The second-order valence-electron chi connectivity index (χ2n) is 8.45. The molecule has 38 heavy (non-hydrogen) atoms. The lowest BCUT2D eigenvalue weighted by Crippen LogP contribution is -2.15. The van der Waals surface area contributed by atoms with Gasteiger partial charge in [-0.25, -0.2) is 9.78 Å². The summed E-state index contributed by atoms with van der Waals surface area (Å²) in [5.74, 6) is -0.989. The van der Waals surface area contributed by atoms with Crippen molar-refractivity contribution in [3.63, 3.8) is 0 Å². The highest BCUT2D eigenvalue weighted by molar-refractivity contribution is 9.10. The summed E-state index contributed by atoms with van der Waals surface area (Å²) in [4.78, 5) is 29.8. The number of hydrogen-bond donors (Lipinski definition) is 3. The van der Waals surface area contributed by atoms with Gasteiger partial charge in [0.1, 0.15) is 5.82 Å². The van der Waals surface area contributed by atoms with Gasteiger partial charge in [0.05, 0.1) is 19.1 Å². The number of H-pyrrole nitrogens is 1. The monoisotopic (exact) mass is 597 g/mol. The van der Waals surface area contributed by atoms with E-state index in [-0.39, 0.29) is 23.3 Å². The molecule has 0 radical (unpaired) electrons. The van der Waals surface area contributed by atoms with Crippen LogP contribution >= 0.6 is 27.5 Å². The Kier molecular flexibility index (Phi) is 7.25. The molecule has 1 aliphatic carbocycles. The second-order valence-corrected chi connectivity index (χ2v) is 9.60. The first-order chi connectivity index (χ1) is 18.4. The van der Waals surface area contributed by atoms with Crippen molar-refractivity contribution in [2.75, 3.05) is 5.32 Å². The summed E-state index contributed by atoms with van der Waals surface area (Å²) in [7, 11) is 0. The van der Waals surface area contributed by atoms with Gasteiger partial charge in [0.2, 0.25) is 0 Å². The van der Waals surface area contributed by atoms with Crippen LogP contribution < -0.4 is 5.32 Å². The molecule has 2 aliphatic rings. The Balaban J connectivity index is 1.70. The first-order valence-electron chi connectivity index (χ1n) is 11.7. The summed E-state index contributed by atoms with van der Waals surface area (Å²) in [6.07, 6.45) is 5.45. The fourth-order valence-electron chi connectivity index (χ4n) is 4.46. The molecular weight excluding hydrogens is 578 g/mol. The zero-order chi connectivity index (χ0) is 26.8. The maximum atomic E-state index is 13.2. The number of aromatic amines is 1. The summed E-state index contributed by atoms with van der Waals surface area (Å²) >= 11 is 10.0. The van der Waals surface area contributed by atoms with Crippen molar-refractivity contribution in [3.05, 3.63) is 75.1 Å². The van der Waals surface area contributed by atoms with Crippen LogP contribution in [0, 0.1) is 0 Å². The van der Waals surface area contributed by atoms with E-state index in [0.717, 1.165) is 29.5 Å². The van der Waals surface area contributed by atoms with Gasteiger partial charge in [0, 0.05) is 27.6 Å². The van der Waals surface area contributed by atoms with Gasteiger partial charge in [-0.05, 0) is 56.4 Å². The summed E-state index contributed by atoms with van der Waals surface area (Å²) in [5, 5.41) is 25.9. The second kappa shape index (κ2) is 10.8. The van der Waals surface area contributed by atoms with E-state index in [1.165, 1.54) is 0 Å². The van der Waals surface area contributed by atoms with E-state index in [2.05, 4.69) is 46.9 Å². The number of carboxylic acids is 1. The molecule has 1 aromatic carbocycles. The van der Waals surface area contributed by atoms with E-state index in [4.69, 9.17) is 16.0 Å². The number of nitrogens with one attached hydrogen (secondary N) is 2. The van der Waals surface area contributed by atoms with Crippen LogP contribution in [0.15, 0.2) is 51.7 Å². The number of unbranched alkanes of at least 4 members (excludes halogenated alkanes) is 1. The van der Waals surface area contributed by atoms with Gasteiger partial charge in [0.25, 0.3) is 11.9 Å². The molecule has 0 saturated carbocycles. The Labute approximate surface area is 229 Å². The van der Waals surface area contributed by atoms with Crippen molar-refractivity contribution in [3.8, 4) is 22.3 Å². The minimum atomic E-state index is -1.17. The zero-order valence-corrected chi connectivity index (χ0v) is 22.4. The van der Waals surface area contributed by atoms with Crippen LogP contribution in [0.5, 0.6) is 0 Å². The molecule has 0 fully saturated rings. The molecule has 1 amide bonds. The van der Waals surface area contributed by atoms with Crippen LogP contribution in [0.25, 0.3) is 22.3 Å². The molecule has 0 atom stereocenters. The Morgan fingerprint density at radius 3 is 2.76 bits per heavy atom. The topological polar surface area (TPSA) is 152 Å². The quantitative estimate of drug-likeness (QED) is 0.201. The molecule has 0 saturated heterocycles. The van der Waals surface area contributed by atoms with Crippen LogP contribution in [-0.2, 0) is 13.0 Å². The molecule has 3 N–H and O–H groups in total. The van der Waals surface area contributed by atoms with Crippen LogP contribution in [0.4, 0.5) is 5.95 Å². The third-order valence-electron chi connectivity index (χ3n) is 6.16. The smallest absolute Gasteiger partial charge is 0.355 e. The number of aromatic nitrogens is 6. The van der Waals surface area contributed by atoms with Gasteiger partial charge in [0.15, 0.2) is 10.8 Å². The van der Waals surface area contributed by atoms with Gasteiger partial charge in [-0.2, -0.15) is 5.21 Å². The van der Waals surface area contributed by atoms with Crippen molar-refractivity contribution < 1.29 is 19.1 Å². The lowest BCUT2D eigenvalue weighted by Gasteiger charge is -2.15. The lowest BCUT2D eigenvalue weighted by molar-refractivity contribution is 0.0685. The fourth-order valence-corrected chi connectivity index (χ4v) is 5.50. The highest BCUT2D eigenvalue weighted by atomic mass is 79.9. The maximum absolute atomic E-state index is 13.2. The Hall–Kier alpha value is -4.03. The maximum Gasteiger partial charge on any atom is 0.355 e. The van der Waals surface area contributed by atoms with Gasteiger partial charge in [-0.1, -0.05) is 48.2 Å². The molecule has 0 unspecified atom stereocenters. The Bertz CT molecular complexity index is 1600. The van der Waals surface area contributed by atoms with Gasteiger partial charge in [-0.15, -0.1) is 5.10 Å². The van der Waals surface area contributed by atoms with E-state index < -0.39 is 11.9 Å². The number of imidazole rings is 1. The number of tetrazole rings is 1. The van der Waals surface area contributed by atoms with E-state index in [0.29, 0.717) is 33.4 Å². The number of halogens is 2. The first-order valence-corrected chi connectivity index (χ1v) is 12.9. The zero-order valence-electron chi connectivity index (χ0n) is 20.0. The number of aromatic carboxylic acids is 1. The van der Waals surface area contributed by atoms with E-state index >= 15 is 0 Å². The third kappa shape index (κ3) is 4.68. The highest BCUT2D eigenvalue weighted by Crippen LogP contribution is 2.47. The third-order valence-corrected chi connectivity index (χ3v) is 7.25. The van der Waals surface area contributed by atoms with Gasteiger partial charge in [-0.3, -0.25) is 10.1 Å². The fraction of sp³-hybridized carbons (Fsp3) is 0.200. The van der Waals surface area contributed by atoms with Crippen LogP contribution in [0.1, 0.15) is 52.0 Å². The first kappa shape index (κ1) is 25.6. The molecule has 1 aliphatic heterocycles. The average molecular weight is 599 g/mol. The van der Waals surface area contributed by atoms with Crippen molar-refractivity contribution in [2.24, 2.45) is 0 Å². The SMILES string of the molecule is CCCCc1nc(Cl)c(C(=O)O)n1Cc1c2ccocc-2c(Br)c1-c1ccccc1C(=O)Nc1nn[nH]n1. The number of anilines is 1. The number of amides is 1.